The van der Waals surface area contributed by atoms with Crippen LogP contribution in [0.5, 0.6) is 0 Å². The summed E-state index contributed by atoms with van der Waals surface area (Å²) in [5.41, 5.74) is 2.26. The highest BCUT2D eigenvalue weighted by Gasteiger charge is 2.33. The van der Waals surface area contributed by atoms with Gasteiger partial charge in [0.05, 0.1) is 22.2 Å². The summed E-state index contributed by atoms with van der Waals surface area (Å²) < 4.78 is 27.5. The van der Waals surface area contributed by atoms with Crippen molar-refractivity contribution in [2.45, 2.75) is 30.7 Å². The first-order valence-corrected chi connectivity index (χ1v) is 8.60. The van der Waals surface area contributed by atoms with Crippen molar-refractivity contribution in [3.63, 3.8) is 0 Å². The summed E-state index contributed by atoms with van der Waals surface area (Å²) in [7, 11) is -3.63. The van der Waals surface area contributed by atoms with Gasteiger partial charge in [0, 0.05) is 6.04 Å². The third kappa shape index (κ3) is 2.36. The number of nitriles is 1. The number of sulfonamides is 1. The number of benzene rings is 2. The molecule has 0 aliphatic carbocycles. The summed E-state index contributed by atoms with van der Waals surface area (Å²) >= 11 is 0. The summed E-state index contributed by atoms with van der Waals surface area (Å²) in [6, 6.07) is 15.6. The SMILES string of the molecule is C[C@@H]1CCc2ccccc2N1S(=O)(=O)c1ccc(C#N)cc1. The van der Waals surface area contributed by atoms with Crippen LogP contribution in [0.1, 0.15) is 24.5 Å². The molecule has 0 aromatic heterocycles. The Morgan fingerprint density at radius 1 is 1.14 bits per heavy atom. The van der Waals surface area contributed by atoms with Gasteiger partial charge in [0.25, 0.3) is 10.0 Å². The maximum absolute atomic E-state index is 13.0. The zero-order chi connectivity index (χ0) is 15.7. The molecule has 0 bridgehead atoms. The molecule has 5 heteroatoms. The smallest absolute Gasteiger partial charge is 0.263 e. The van der Waals surface area contributed by atoms with E-state index >= 15 is 0 Å². The van der Waals surface area contributed by atoms with Crippen molar-refractivity contribution in [2.75, 3.05) is 4.31 Å². The number of aryl methyl sites for hydroxylation is 1. The molecule has 0 fully saturated rings. The van der Waals surface area contributed by atoms with Gasteiger partial charge in [-0.3, -0.25) is 4.31 Å². The Bertz CT molecular complexity index is 836. The van der Waals surface area contributed by atoms with Gasteiger partial charge in [0.1, 0.15) is 0 Å². The maximum atomic E-state index is 13.0. The Kier molecular flexibility index (Phi) is 3.63. The predicted octanol–water partition coefficient (Wildman–Crippen LogP) is 3.09. The van der Waals surface area contributed by atoms with E-state index in [1.807, 2.05) is 37.3 Å². The fraction of sp³-hybridized carbons (Fsp3) is 0.235. The molecule has 0 unspecified atom stereocenters. The van der Waals surface area contributed by atoms with Crippen LogP contribution in [-0.4, -0.2) is 14.5 Å². The minimum atomic E-state index is -3.63. The molecule has 0 spiro atoms. The van der Waals surface area contributed by atoms with Crippen LogP contribution < -0.4 is 4.31 Å². The van der Waals surface area contributed by atoms with Gasteiger partial charge < -0.3 is 0 Å². The van der Waals surface area contributed by atoms with Gasteiger partial charge in [-0.2, -0.15) is 5.26 Å². The molecular formula is C17H16N2O2S. The summed E-state index contributed by atoms with van der Waals surface area (Å²) in [6.07, 6.45) is 1.68. The normalized spacial score (nSPS) is 17.6. The molecule has 0 saturated carbocycles. The Balaban J connectivity index is 2.10. The molecule has 2 aromatic rings. The Hall–Kier alpha value is -2.32. The zero-order valence-corrected chi connectivity index (χ0v) is 13.0. The second-order valence-corrected chi connectivity index (χ2v) is 7.27. The lowest BCUT2D eigenvalue weighted by atomic mass is 9.99. The van der Waals surface area contributed by atoms with Crippen LogP contribution in [0, 0.1) is 11.3 Å². The number of para-hydroxylation sites is 1. The highest BCUT2D eigenvalue weighted by molar-refractivity contribution is 7.92. The fourth-order valence-electron chi connectivity index (χ4n) is 2.84. The summed E-state index contributed by atoms with van der Waals surface area (Å²) in [5, 5.41) is 8.84. The van der Waals surface area contributed by atoms with Gasteiger partial charge in [-0.15, -0.1) is 0 Å². The molecule has 1 heterocycles. The van der Waals surface area contributed by atoms with Crippen LogP contribution in [-0.2, 0) is 16.4 Å². The van der Waals surface area contributed by atoms with Crippen LogP contribution in [0.25, 0.3) is 0 Å². The van der Waals surface area contributed by atoms with E-state index in [0.29, 0.717) is 5.56 Å². The first-order valence-electron chi connectivity index (χ1n) is 7.16. The van der Waals surface area contributed by atoms with Crippen molar-refractivity contribution in [3.8, 4) is 6.07 Å². The van der Waals surface area contributed by atoms with Gasteiger partial charge in [0.2, 0.25) is 0 Å². The van der Waals surface area contributed by atoms with Crippen molar-refractivity contribution in [2.24, 2.45) is 0 Å². The van der Waals surface area contributed by atoms with E-state index < -0.39 is 10.0 Å². The average molecular weight is 312 g/mol. The Labute approximate surface area is 130 Å². The number of fused-ring (bicyclic) bond motifs is 1. The quantitative estimate of drug-likeness (QED) is 0.856. The molecule has 22 heavy (non-hydrogen) atoms. The molecule has 1 atom stereocenters. The predicted molar refractivity (Wildman–Crippen MR) is 85.0 cm³/mol. The molecule has 0 radical (unpaired) electrons. The van der Waals surface area contributed by atoms with Crippen molar-refractivity contribution in [3.05, 3.63) is 59.7 Å². The standard InChI is InChI=1S/C17H16N2O2S/c1-13-6-9-15-4-2-3-5-17(15)19(13)22(20,21)16-10-7-14(12-18)8-11-16/h2-5,7-8,10-11,13H,6,9H2,1H3/t13-/m1/s1. The third-order valence-corrected chi connectivity index (χ3v) is 5.94. The molecule has 4 nitrogen and oxygen atoms in total. The lowest BCUT2D eigenvalue weighted by molar-refractivity contribution is 0.563. The zero-order valence-electron chi connectivity index (χ0n) is 12.2. The molecule has 0 amide bonds. The van der Waals surface area contributed by atoms with E-state index in [-0.39, 0.29) is 10.9 Å². The van der Waals surface area contributed by atoms with Crippen LogP contribution in [0.3, 0.4) is 0 Å². The summed E-state index contributed by atoms with van der Waals surface area (Å²) in [5.74, 6) is 0. The van der Waals surface area contributed by atoms with E-state index in [0.717, 1.165) is 24.1 Å². The van der Waals surface area contributed by atoms with E-state index in [1.165, 1.54) is 28.6 Å². The molecular weight excluding hydrogens is 296 g/mol. The molecule has 0 N–H and O–H groups in total. The molecule has 3 rings (SSSR count). The second-order valence-electron chi connectivity index (χ2n) is 5.45. The van der Waals surface area contributed by atoms with Crippen LogP contribution in [0.4, 0.5) is 5.69 Å². The first-order chi connectivity index (χ1) is 10.5. The first kappa shape index (κ1) is 14.6. The topological polar surface area (TPSA) is 61.2 Å². The van der Waals surface area contributed by atoms with Crippen LogP contribution in [0.2, 0.25) is 0 Å². The minimum absolute atomic E-state index is 0.0875. The highest BCUT2D eigenvalue weighted by Crippen LogP contribution is 2.35. The van der Waals surface area contributed by atoms with Gasteiger partial charge in [-0.05, 0) is 55.7 Å². The Morgan fingerprint density at radius 2 is 1.82 bits per heavy atom. The summed E-state index contributed by atoms with van der Waals surface area (Å²) in [6.45, 7) is 1.93. The van der Waals surface area contributed by atoms with Gasteiger partial charge >= 0.3 is 0 Å². The number of anilines is 1. The second kappa shape index (κ2) is 5.47. The lowest BCUT2D eigenvalue weighted by Gasteiger charge is -2.36. The largest absolute Gasteiger partial charge is 0.264 e. The molecule has 1 aliphatic heterocycles. The fourth-order valence-corrected chi connectivity index (χ4v) is 4.56. The maximum Gasteiger partial charge on any atom is 0.264 e. The highest BCUT2D eigenvalue weighted by atomic mass is 32.2. The number of hydrogen-bond donors (Lipinski definition) is 0. The van der Waals surface area contributed by atoms with E-state index in [1.54, 1.807) is 0 Å². The van der Waals surface area contributed by atoms with E-state index in [4.69, 9.17) is 5.26 Å². The molecule has 0 saturated heterocycles. The number of hydrogen-bond acceptors (Lipinski definition) is 3. The molecule has 2 aromatic carbocycles. The van der Waals surface area contributed by atoms with Crippen molar-refractivity contribution in [1.29, 1.82) is 5.26 Å². The number of nitrogens with zero attached hydrogens (tertiary/aromatic N) is 2. The minimum Gasteiger partial charge on any atom is -0.263 e. The van der Waals surface area contributed by atoms with Gasteiger partial charge in [-0.25, -0.2) is 8.42 Å². The number of rotatable bonds is 2. The third-order valence-electron chi connectivity index (χ3n) is 4.00. The molecule has 1 aliphatic rings. The van der Waals surface area contributed by atoms with Crippen molar-refractivity contribution < 1.29 is 8.42 Å². The van der Waals surface area contributed by atoms with Crippen LogP contribution >= 0.6 is 0 Å². The van der Waals surface area contributed by atoms with Crippen molar-refractivity contribution in [1.82, 2.24) is 0 Å². The lowest BCUT2D eigenvalue weighted by Crippen LogP contribution is -2.42. The van der Waals surface area contributed by atoms with Gasteiger partial charge in [-0.1, -0.05) is 18.2 Å². The summed E-state index contributed by atoms with van der Waals surface area (Å²) in [4.78, 5) is 0.218. The Morgan fingerprint density at radius 3 is 2.50 bits per heavy atom. The average Bonchev–Trinajstić information content (AvgIpc) is 2.54. The monoisotopic (exact) mass is 312 g/mol. The van der Waals surface area contributed by atoms with Crippen LogP contribution in [0.15, 0.2) is 53.4 Å². The van der Waals surface area contributed by atoms with E-state index in [9.17, 15) is 8.42 Å². The van der Waals surface area contributed by atoms with Crippen molar-refractivity contribution >= 4 is 15.7 Å². The van der Waals surface area contributed by atoms with E-state index in [2.05, 4.69) is 0 Å². The van der Waals surface area contributed by atoms with Gasteiger partial charge in [0.15, 0.2) is 0 Å². The molecule has 112 valence electrons.